The van der Waals surface area contributed by atoms with Gasteiger partial charge in [-0.1, -0.05) is 60.7 Å². The number of fused-ring (bicyclic) bond motifs is 1. The molecule has 0 spiro atoms. The summed E-state index contributed by atoms with van der Waals surface area (Å²) in [6.45, 7) is 2.84. The number of hydrogen-bond donors (Lipinski definition) is 0. The maximum atomic E-state index is 12.5. The van der Waals surface area contributed by atoms with Gasteiger partial charge in [-0.3, -0.25) is 0 Å². The van der Waals surface area contributed by atoms with Crippen LogP contribution in [-0.2, 0) is 0 Å². The van der Waals surface area contributed by atoms with Crippen molar-refractivity contribution >= 4 is 16.9 Å². The van der Waals surface area contributed by atoms with E-state index in [1.54, 1.807) is 0 Å². The molecule has 26 heavy (non-hydrogen) atoms. The minimum absolute atomic E-state index is 0.163. The maximum absolute atomic E-state index is 12.5. The molecule has 1 aliphatic rings. The lowest BCUT2D eigenvalue weighted by Gasteiger charge is -2.37. The zero-order valence-electron chi connectivity index (χ0n) is 15.0. The highest BCUT2D eigenvalue weighted by Gasteiger charge is 2.30. The SMILES string of the molecule is C[C@@H]1C[C@@H](c2ccc3ccccc3c2)CCN1C(=O)Oc1ccccc1. The third-order valence-corrected chi connectivity index (χ3v) is 5.30. The van der Waals surface area contributed by atoms with Crippen LogP contribution in [0.25, 0.3) is 10.8 Å². The van der Waals surface area contributed by atoms with E-state index in [9.17, 15) is 4.79 Å². The predicted molar refractivity (Wildman–Crippen MR) is 105 cm³/mol. The van der Waals surface area contributed by atoms with Crippen LogP contribution in [0.3, 0.4) is 0 Å². The number of para-hydroxylation sites is 1. The number of amides is 1. The lowest BCUT2D eigenvalue weighted by Crippen LogP contribution is -2.45. The van der Waals surface area contributed by atoms with Gasteiger partial charge in [0.1, 0.15) is 5.75 Å². The molecule has 0 aromatic heterocycles. The first-order valence-electron chi connectivity index (χ1n) is 9.23. The molecule has 3 aromatic rings. The number of benzene rings is 3. The summed E-state index contributed by atoms with van der Waals surface area (Å²) in [4.78, 5) is 14.4. The van der Waals surface area contributed by atoms with Crippen molar-refractivity contribution in [3.05, 3.63) is 78.4 Å². The molecule has 3 nitrogen and oxygen atoms in total. The van der Waals surface area contributed by atoms with Crippen molar-refractivity contribution in [2.75, 3.05) is 6.54 Å². The van der Waals surface area contributed by atoms with E-state index in [1.807, 2.05) is 35.2 Å². The Hall–Kier alpha value is -2.81. The zero-order chi connectivity index (χ0) is 17.9. The standard InChI is InChI=1S/C23H23NO2/c1-17-15-21(20-12-11-18-7-5-6-8-19(18)16-20)13-14-24(17)23(25)26-22-9-3-2-4-10-22/h2-12,16-17,21H,13-15H2,1H3/t17-,21+/m1/s1. The predicted octanol–water partition coefficient (Wildman–Crippen LogP) is 5.61. The quantitative estimate of drug-likeness (QED) is 0.604. The zero-order valence-corrected chi connectivity index (χ0v) is 15.0. The average Bonchev–Trinajstić information content (AvgIpc) is 2.68. The van der Waals surface area contributed by atoms with Gasteiger partial charge in [0.15, 0.2) is 0 Å². The lowest BCUT2D eigenvalue weighted by atomic mass is 9.85. The molecule has 0 radical (unpaired) electrons. The van der Waals surface area contributed by atoms with Gasteiger partial charge >= 0.3 is 6.09 Å². The van der Waals surface area contributed by atoms with Crippen molar-refractivity contribution in [2.24, 2.45) is 0 Å². The highest BCUT2D eigenvalue weighted by molar-refractivity contribution is 5.83. The molecule has 0 aliphatic carbocycles. The summed E-state index contributed by atoms with van der Waals surface area (Å²) in [5, 5.41) is 2.55. The summed E-state index contributed by atoms with van der Waals surface area (Å²) in [7, 11) is 0. The molecule has 1 heterocycles. The largest absolute Gasteiger partial charge is 0.415 e. The first kappa shape index (κ1) is 16.6. The molecular formula is C23H23NO2. The van der Waals surface area contributed by atoms with E-state index in [4.69, 9.17) is 4.74 Å². The minimum Gasteiger partial charge on any atom is -0.410 e. The monoisotopic (exact) mass is 345 g/mol. The van der Waals surface area contributed by atoms with E-state index >= 15 is 0 Å². The molecule has 0 bridgehead atoms. The molecule has 1 amide bonds. The van der Waals surface area contributed by atoms with E-state index < -0.39 is 0 Å². The second-order valence-electron chi connectivity index (χ2n) is 7.05. The van der Waals surface area contributed by atoms with Crippen LogP contribution in [0, 0.1) is 0 Å². The molecule has 4 rings (SSSR count). The van der Waals surface area contributed by atoms with Crippen LogP contribution in [0.15, 0.2) is 72.8 Å². The maximum Gasteiger partial charge on any atom is 0.415 e. The van der Waals surface area contributed by atoms with E-state index in [2.05, 4.69) is 49.4 Å². The van der Waals surface area contributed by atoms with E-state index in [-0.39, 0.29) is 12.1 Å². The molecule has 1 aliphatic heterocycles. The fraction of sp³-hybridized carbons (Fsp3) is 0.261. The van der Waals surface area contributed by atoms with E-state index in [1.165, 1.54) is 16.3 Å². The molecule has 3 heteroatoms. The average molecular weight is 345 g/mol. The van der Waals surface area contributed by atoms with Crippen LogP contribution < -0.4 is 4.74 Å². The second-order valence-corrected chi connectivity index (χ2v) is 7.05. The van der Waals surface area contributed by atoms with E-state index in [0.29, 0.717) is 11.7 Å². The van der Waals surface area contributed by atoms with Gasteiger partial charge in [0.25, 0.3) is 0 Å². The molecule has 0 saturated carbocycles. The topological polar surface area (TPSA) is 29.5 Å². The Kier molecular flexibility index (Phi) is 4.61. The molecular weight excluding hydrogens is 322 g/mol. The molecule has 2 atom stereocenters. The highest BCUT2D eigenvalue weighted by Crippen LogP contribution is 2.33. The van der Waals surface area contributed by atoms with Crippen LogP contribution >= 0.6 is 0 Å². The van der Waals surface area contributed by atoms with Crippen molar-refractivity contribution in [1.82, 2.24) is 4.90 Å². The summed E-state index contributed by atoms with van der Waals surface area (Å²) >= 11 is 0. The smallest absolute Gasteiger partial charge is 0.410 e. The Labute approximate surface area is 154 Å². The Bertz CT molecular complexity index is 906. The number of carbonyl (C=O) groups excluding carboxylic acids is 1. The van der Waals surface area contributed by atoms with Gasteiger partial charge in [-0.2, -0.15) is 0 Å². The first-order valence-corrected chi connectivity index (χ1v) is 9.23. The van der Waals surface area contributed by atoms with Crippen LogP contribution in [-0.4, -0.2) is 23.6 Å². The fourth-order valence-corrected chi connectivity index (χ4v) is 3.86. The summed E-state index contributed by atoms with van der Waals surface area (Å²) in [5.74, 6) is 1.08. The number of ether oxygens (including phenoxy) is 1. The highest BCUT2D eigenvalue weighted by atomic mass is 16.6. The van der Waals surface area contributed by atoms with Crippen LogP contribution in [0.5, 0.6) is 5.75 Å². The van der Waals surface area contributed by atoms with Gasteiger partial charge in [0.05, 0.1) is 0 Å². The summed E-state index contributed by atoms with van der Waals surface area (Å²) < 4.78 is 5.51. The molecule has 132 valence electrons. The number of nitrogens with zero attached hydrogens (tertiary/aromatic N) is 1. The summed E-state index contributed by atoms with van der Waals surface area (Å²) in [6.07, 6.45) is 1.68. The summed E-state index contributed by atoms with van der Waals surface area (Å²) in [5.41, 5.74) is 1.37. The summed E-state index contributed by atoms with van der Waals surface area (Å²) in [6, 6.07) is 24.6. The van der Waals surface area contributed by atoms with Crippen LogP contribution in [0.2, 0.25) is 0 Å². The first-order chi connectivity index (χ1) is 12.7. The number of piperidine rings is 1. The van der Waals surface area contributed by atoms with Gasteiger partial charge in [-0.05, 0) is 54.2 Å². The molecule has 0 N–H and O–H groups in total. The van der Waals surface area contributed by atoms with Gasteiger partial charge < -0.3 is 9.64 Å². The van der Waals surface area contributed by atoms with Gasteiger partial charge in [0, 0.05) is 12.6 Å². The number of likely N-dealkylation sites (tertiary alicyclic amines) is 1. The van der Waals surface area contributed by atoms with Crippen molar-refractivity contribution in [2.45, 2.75) is 31.7 Å². The van der Waals surface area contributed by atoms with Crippen molar-refractivity contribution in [1.29, 1.82) is 0 Å². The van der Waals surface area contributed by atoms with Gasteiger partial charge in [-0.25, -0.2) is 4.79 Å². The third kappa shape index (κ3) is 3.43. The van der Waals surface area contributed by atoms with Gasteiger partial charge in [-0.15, -0.1) is 0 Å². The van der Waals surface area contributed by atoms with Crippen LogP contribution in [0.4, 0.5) is 4.79 Å². The Morgan fingerprint density at radius 1 is 0.962 bits per heavy atom. The molecule has 3 aromatic carbocycles. The lowest BCUT2D eigenvalue weighted by molar-refractivity contribution is 0.113. The minimum atomic E-state index is -0.249. The normalized spacial score (nSPS) is 20.1. The van der Waals surface area contributed by atoms with Crippen molar-refractivity contribution in [3.8, 4) is 5.75 Å². The fourth-order valence-electron chi connectivity index (χ4n) is 3.86. The Balaban J connectivity index is 1.44. The van der Waals surface area contributed by atoms with E-state index in [0.717, 1.165) is 19.4 Å². The second kappa shape index (κ2) is 7.20. The van der Waals surface area contributed by atoms with Gasteiger partial charge in [0.2, 0.25) is 0 Å². The Morgan fingerprint density at radius 2 is 1.69 bits per heavy atom. The Morgan fingerprint density at radius 3 is 2.46 bits per heavy atom. The number of rotatable bonds is 2. The molecule has 1 fully saturated rings. The molecule has 0 unspecified atom stereocenters. The van der Waals surface area contributed by atoms with Crippen molar-refractivity contribution in [3.63, 3.8) is 0 Å². The van der Waals surface area contributed by atoms with Crippen LogP contribution in [0.1, 0.15) is 31.2 Å². The number of hydrogen-bond acceptors (Lipinski definition) is 2. The molecule has 1 saturated heterocycles. The van der Waals surface area contributed by atoms with Crippen molar-refractivity contribution < 1.29 is 9.53 Å². The third-order valence-electron chi connectivity index (χ3n) is 5.30. The number of carbonyl (C=O) groups is 1.